The SMILES string of the molecule is [Cl][Ru+][Cl].c1ccc(C([PH2+]CCCCCC(c2ccccc2)(c2ccccc2)c2ccccc2)[PH2+]CCCCCC(c2ccccc2)(c2ccccc2)c2ccccc2)cc1. The van der Waals surface area contributed by atoms with Crippen LogP contribution in [0.4, 0.5) is 0 Å². The molecule has 5 heteroatoms. The van der Waals surface area contributed by atoms with E-state index in [2.05, 4.69) is 212 Å². The Hall–Kier alpha value is -3.40. The van der Waals surface area contributed by atoms with E-state index in [1.165, 1.54) is 84.2 Å². The van der Waals surface area contributed by atoms with Crippen molar-refractivity contribution in [3.05, 3.63) is 251 Å². The van der Waals surface area contributed by atoms with Crippen molar-refractivity contribution in [3.63, 3.8) is 0 Å². The first-order chi connectivity index (χ1) is 29.7. The second kappa shape index (κ2) is 25.5. The first kappa shape index (κ1) is 46.1. The summed E-state index contributed by atoms with van der Waals surface area (Å²) in [5, 5.41) is 0.792. The minimum atomic E-state index is -0.346. The van der Waals surface area contributed by atoms with Crippen LogP contribution in [-0.4, -0.2) is 12.3 Å². The summed E-state index contributed by atoms with van der Waals surface area (Å²) < 4.78 is 0. The fraction of sp³-hybridized carbons (Fsp3) is 0.236. The summed E-state index contributed by atoms with van der Waals surface area (Å²) in [4.78, 5) is 0. The van der Waals surface area contributed by atoms with Crippen LogP contribution in [-0.2, 0) is 26.0 Å². The minimum absolute atomic E-state index is 0.143. The van der Waals surface area contributed by atoms with Gasteiger partial charge in [-0.3, -0.25) is 0 Å². The van der Waals surface area contributed by atoms with Gasteiger partial charge in [-0.1, -0.05) is 225 Å². The Morgan fingerprint density at radius 3 is 0.817 bits per heavy atom. The third-order valence-corrected chi connectivity index (χ3v) is 17.0. The van der Waals surface area contributed by atoms with Gasteiger partial charge in [-0.25, -0.2) is 0 Å². The van der Waals surface area contributed by atoms with Gasteiger partial charge in [-0.05, 0) is 71.9 Å². The van der Waals surface area contributed by atoms with E-state index in [0.717, 1.165) is 18.2 Å². The van der Waals surface area contributed by atoms with Crippen molar-refractivity contribution >= 4 is 36.5 Å². The van der Waals surface area contributed by atoms with Crippen LogP contribution in [0.3, 0.4) is 0 Å². The fourth-order valence-electron chi connectivity index (χ4n) is 9.26. The molecular formula is C55H60Cl2P2Ru+3. The van der Waals surface area contributed by atoms with Crippen molar-refractivity contribution in [1.82, 2.24) is 0 Å². The van der Waals surface area contributed by atoms with Crippen LogP contribution in [0.2, 0.25) is 0 Å². The normalized spacial score (nSPS) is 12.4. The van der Waals surface area contributed by atoms with Crippen molar-refractivity contribution in [2.24, 2.45) is 0 Å². The first-order valence-electron chi connectivity index (χ1n) is 21.6. The Labute approximate surface area is 380 Å². The molecule has 0 heterocycles. The zero-order valence-electron chi connectivity index (χ0n) is 34.6. The van der Waals surface area contributed by atoms with Gasteiger partial charge in [0, 0.05) is 33.6 Å². The van der Waals surface area contributed by atoms with Crippen molar-refractivity contribution in [2.75, 3.05) is 12.3 Å². The first-order valence-corrected chi connectivity index (χ1v) is 29.1. The van der Waals surface area contributed by atoms with E-state index in [-0.39, 0.29) is 26.0 Å². The molecule has 0 N–H and O–H groups in total. The molecule has 7 aromatic carbocycles. The molecule has 0 aromatic heterocycles. The zero-order valence-corrected chi connectivity index (χ0v) is 40.2. The van der Waals surface area contributed by atoms with Gasteiger partial charge in [0.05, 0.1) is 12.3 Å². The van der Waals surface area contributed by atoms with E-state index in [1.807, 2.05) is 0 Å². The van der Waals surface area contributed by atoms with Crippen LogP contribution >= 0.6 is 36.5 Å². The molecule has 0 amide bonds. The molecule has 0 aliphatic heterocycles. The molecule has 60 heavy (non-hydrogen) atoms. The van der Waals surface area contributed by atoms with Crippen molar-refractivity contribution in [3.8, 4) is 0 Å². The third kappa shape index (κ3) is 12.4. The van der Waals surface area contributed by atoms with Crippen LogP contribution in [0.5, 0.6) is 0 Å². The van der Waals surface area contributed by atoms with E-state index in [9.17, 15) is 0 Å². The van der Waals surface area contributed by atoms with Crippen molar-refractivity contribution < 1.29 is 15.1 Å². The maximum Gasteiger partial charge on any atom is 0.184 e. The average Bonchev–Trinajstić information content (AvgIpc) is 3.33. The minimum Gasteiger partial charge on any atom is -0.0622 e. The van der Waals surface area contributed by atoms with Gasteiger partial charge in [0.15, 0.2) is 5.40 Å². The molecule has 0 nitrogen and oxygen atoms in total. The van der Waals surface area contributed by atoms with Gasteiger partial charge in [0.25, 0.3) is 0 Å². The second-order valence-corrected chi connectivity index (χ2v) is 22.6. The van der Waals surface area contributed by atoms with E-state index in [1.54, 1.807) is 5.56 Å². The monoisotopic (exact) mass is 954 g/mol. The molecule has 309 valence electrons. The predicted molar refractivity (Wildman–Crippen MR) is 265 cm³/mol. The molecule has 0 aliphatic carbocycles. The summed E-state index contributed by atoms with van der Waals surface area (Å²) in [6, 6.07) is 78.9. The molecule has 0 spiro atoms. The Bertz CT molecular complexity index is 1830. The van der Waals surface area contributed by atoms with Gasteiger partial charge in [-0.15, -0.1) is 0 Å². The number of benzene rings is 7. The van der Waals surface area contributed by atoms with Gasteiger partial charge in [-0.2, -0.15) is 0 Å². The van der Waals surface area contributed by atoms with E-state index >= 15 is 0 Å². The Morgan fingerprint density at radius 1 is 0.333 bits per heavy atom. The molecule has 0 fully saturated rings. The Kier molecular flexibility index (Phi) is 19.6. The maximum absolute atomic E-state index is 4.85. The molecule has 2 atom stereocenters. The van der Waals surface area contributed by atoms with Crippen LogP contribution in [0.1, 0.15) is 95.7 Å². The van der Waals surface area contributed by atoms with E-state index in [4.69, 9.17) is 19.4 Å². The summed E-state index contributed by atoms with van der Waals surface area (Å²) in [6.45, 7) is 0. The molecule has 0 saturated carbocycles. The summed E-state index contributed by atoms with van der Waals surface area (Å²) in [5.41, 5.74) is 9.68. The number of unbranched alkanes of at least 4 members (excludes halogenated alkanes) is 4. The second-order valence-electron chi connectivity index (χ2n) is 15.7. The topological polar surface area (TPSA) is 0 Å². The quantitative estimate of drug-likeness (QED) is 0.0291. The molecular weight excluding hydrogens is 895 g/mol. The van der Waals surface area contributed by atoms with E-state index in [0.29, 0.717) is 17.2 Å². The smallest absolute Gasteiger partial charge is 0.0622 e. The maximum atomic E-state index is 4.85. The van der Waals surface area contributed by atoms with E-state index < -0.39 is 0 Å². The van der Waals surface area contributed by atoms with Crippen molar-refractivity contribution in [2.45, 2.75) is 67.6 Å². The fourth-order valence-corrected chi connectivity index (χ4v) is 13.9. The number of hydrogen-bond acceptors (Lipinski definition) is 0. The summed E-state index contributed by atoms with van der Waals surface area (Å²) >= 11 is -0.346. The van der Waals surface area contributed by atoms with Crippen LogP contribution < -0.4 is 0 Å². The Morgan fingerprint density at radius 2 is 0.567 bits per heavy atom. The molecule has 7 aromatic rings. The Balaban J connectivity index is 0.00000195. The average molecular weight is 955 g/mol. The van der Waals surface area contributed by atoms with Crippen molar-refractivity contribution in [1.29, 1.82) is 0 Å². The van der Waals surface area contributed by atoms with Gasteiger partial charge >= 0.3 is 34.5 Å². The molecule has 2 unspecified atom stereocenters. The standard InChI is InChI=1S/C55H58P2.2ClH.Ru/c1-10-28-46(29-11-1)53(56-44-26-8-24-42-54(47-30-12-2-13-31-47,48-32-14-3-15-33-48)49-34-16-4-17-35-49)57-45-27-9-25-43-55(50-36-18-5-19-37-50,51-38-20-6-21-39-51)52-40-22-7-23-41-52;;;/h1-7,10-23,28-41,53,56-57H,8-9,24-27,42-45H2;2*1H;/q;;;+3. The van der Waals surface area contributed by atoms with Gasteiger partial charge in [0.2, 0.25) is 0 Å². The van der Waals surface area contributed by atoms with Gasteiger partial charge < -0.3 is 0 Å². The summed E-state index contributed by atoms with van der Waals surface area (Å²) in [6.07, 6.45) is 12.7. The summed E-state index contributed by atoms with van der Waals surface area (Å²) in [5.74, 6) is 0. The zero-order chi connectivity index (χ0) is 41.6. The molecule has 0 bridgehead atoms. The predicted octanol–water partition coefficient (Wildman–Crippen LogP) is 16.1. The number of hydrogen-bond donors (Lipinski definition) is 0. The van der Waals surface area contributed by atoms with Crippen LogP contribution in [0, 0.1) is 0 Å². The number of rotatable bonds is 21. The molecule has 0 aliphatic rings. The molecule has 7 rings (SSSR count). The molecule has 0 saturated heterocycles. The largest absolute Gasteiger partial charge is 0.184 e. The van der Waals surface area contributed by atoms with Gasteiger partial charge in [0.1, 0.15) is 0 Å². The number of halogens is 2. The molecule has 0 radical (unpaired) electrons. The van der Waals surface area contributed by atoms with Crippen LogP contribution in [0.15, 0.2) is 212 Å². The van der Waals surface area contributed by atoms with Crippen LogP contribution in [0.25, 0.3) is 0 Å². The third-order valence-electron chi connectivity index (χ3n) is 12.1. The summed E-state index contributed by atoms with van der Waals surface area (Å²) in [7, 11) is 10.5.